The number of nitrogens with zero attached hydrogens (tertiary/aromatic N) is 3. The van der Waals surface area contributed by atoms with Gasteiger partial charge in [0.2, 0.25) is 5.91 Å². The van der Waals surface area contributed by atoms with Gasteiger partial charge in [-0.25, -0.2) is 4.68 Å². The van der Waals surface area contributed by atoms with Crippen molar-refractivity contribution in [1.29, 1.82) is 0 Å². The highest BCUT2D eigenvalue weighted by molar-refractivity contribution is 6.30. The Bertz CT molecular complexity index is 729. The molecular weight excluding hydrogens is 336 g/mol. The fourth-order valence-electron chi connectivity index (χ4n) is 3.22. The van der Waals surface area contributed by atoms with Crippen LogP contribution in [0.15, 0.2) is 30.3 Å². The third kappa shape index (κ3) is 4.41. The quantitative estimate of drug-likeness (QED) is 0.825. The van der Waals surface area contributed by atoms with Crippen molar-refractivity contribution in [1.82, 2.24) is 20.0 Å². The van der Waals surface area contributed by atoms with Crippen molar-refractivity contribution >= 4 is 17.5 Å². The van der Waals surface area contributed by atoms with Crippen molar-refractivity contribution in [2.45, 2.75) is 45.8 Å². The summed E-state index contributed by atoms with van der Waals surface area (Å²) >= 11 is 6.55. The summed E-state index contributed by atoms with van der Waals surface area (Å²) in [6.45, 7) is 7.02. The number of nitrogens with one attached hydrogen (secondary N) is 1. The summed E-state index contributed by atoms with van der Waals surface area (Å²) in [5.41, 5.74) is 3.14. The second-order valence-corrected chi connectivity index (χ2v) is 7.08. The van der Waals surface area contributed by atoms with Gasteiger partial charge < -0.3 is 10.2 Å². The van der Waals surface area contributed by atoms with Gasteiger partial charge in [0.25, 0.3) is 0 Å². The van der Waals surface area contributed by atoms with Gasteiger partial charge in [-0.15, -0.1) is 0 Å². The van der Waals surface area contributed by atoms with Crippen molar-refractivity contribution in [3.05, 3.63) is 52.3 Å². The predicted octanol–water partition coefficient (Wildman–Crippen LogP) is 2.99. The van der Waals surface area contributed by atoms with Crippen LogP contribution in [-0.2, 0) is 17.9 Å². The molecule has 1 aromatic carbocycles. The van der Waals surface area contributed by atoms with E-state index in [9.17, 15) is 4.79 Å². The van der Waals surface area contributed by atoms with E-state index in [-0.39, 0.29) is 11.9 Å². The van der Waals surface area contributed by atoms with Crippen LogP contribution >= 0.6 is 11.6 Å². The molecule has 0 radical (unpaired) electrons. The van der Waals surface area contributed by atoms with Gasteiger partial charge in [-0.3, -0.25) is 4.79 Å². The molecule has 1 aliphatic heterocycles. The van der Waals surface area contributed by atoms with Crippen molar-refractivity contribution in [3.8, 4) is 0 Å². The summed E-state index contributed by atoms with van der Waals surface area (Å²) in [7, 11) is 0. The molecule has 1 saturated heterocycles. The first-order valence-electron chi connectivity index (χ1n) is 8.81. The van der Waals surface area contributed by atoms with Gasteiger partial charge in [0.15, 0.2) is 0 Å². The molecule has 0 unspecified atom stereocenters. The number of carbonyl (C=O) groups is 1. The number of halogens is 1. The second kappa shape index (κ2) is 8.02. The molecule has 5 nitrogen and oxygen atoms in total. The van der Waals surface area contributed by atoms with E-state index in [2.05, 4.69) is 29.5 Å². The lowest BCUT2D eigenvalue weighted by Crippen LogP contribution is -2.39. The van der Waals surface area contributed by atoms with Crippen LogP contribution in [0.4, 0.5) is 0 Å². The summed E-state index contributed by atoms with van der Waals surface area (Å²) in [5.74, 6) is 0.263. The SMILES string of the molecule is Cc1nn(Cc2ccccc2)c(Cl)c1CN[C@@H](C)CN1CCCC1=O. The van der Waals surface area contributed by atoms with Crippen LogP contribution in [-0.4, -0.2) is 39.7 Å². The Morgan fingerprint density at radius 2 is 2.08 bits per heavy atom. The monoisotopic (exact) mass is 360 g/mol. The van der Waals surface area contributed by atoms with Crippen LogP contribution in [0, 0.1) is 6.92 Å². The Hall–Kier alpha value is -1.85. The highest BCUT2D eigenvalue weighted by Crippen LogP contribution is 2.21. The van der Waals surface area contributed by atoms with Gasteiger partial charge >= 0.3 is 0 Å². The number of amides is 1. The zero-order chi connectivity index (χ0) is 17.8. The largest absolute Gasteiger partial charge is 0.341 e. The van der Waals surface area contributed by atoms with E-state index in [1.807, 2.05) is 34.7 Å². The summed E-state index contributed by atoms with van der Waals surface area (Å²) in [6, 6.07) is 10.4. The van der Waals surface area contributed by atoms with Crippen molar-refractivity contribution in [2.24, 2.45) is 0 Å². The van der Waals surface area contributed by atoms with E-state index < -0.39 is 0 Å². The summed E-state index contributed by atoms with van der Waals surface area (Å²) < 4.78 is 1.85. The maximum Gasteiger partial charge on any atom is 0.222 e. The van der Waals surface area contributed by atoms with Gasteiger partial charge in [0.1, 0.15) is 5.15 Å². The molecule has 1 N–H and O–H groups in total. The predicted molar refractivity (Wildman–Crippen MR) is 99.6 cm³/mol. The Kier molecular flexibility index (Phi) is 5.76. The number of benzene rings is 1. The van der Waals surface area contributed by atoms with Crippen LogP contribution in [0.5, 0.6) is 0 Å². The molecule has 1 aliphatic rings. The number of aryl methyl sites for hydroxylation is 1. The average molecular weight is 361 g/mol. The number of rotatable bonds is 7. The topological polar surface area (TPSA) is 50.2 Å². The molecule has 1 amide bonds. The molecule has 6 heteroatoms. The fourth-order valence-corrected chi connectivity index (χ4v) is 3.52. The average Bonchev–Trinajstić information content (AvgIpc) is 3.11. The summed E-state index contributed by atoms with van der Waals surface area (Å²) in [4.78, 5) is 13.7. The molecule has 3 rings (SSSR count). The van der Waals surface area contributed by atoms with Crippen molar-refractivity contribution in [3.63, 3.8) is 0 Å². The highest BCUT2D eigenvalue weighted by Gasteiger charge is 2.22. The molecule has 1 fully saturated rings. The van der Waals surface area contributed by atoms with E-state index in [0.717, 1.165) is 30.8 Å². The number of likely N-dealkylation sites (tertiary alicyclic amines) is 1. The third-order valence-electron chi connectivity index (χ3n) is 4.65. The first-order chi connectivity index (χ1) is 12.0. The molecule has 0 saturated carbocycles. The standard InChI is InChI=1S/C19H25ClN4O/c1-14(12-23-10-6-9-18(23)25)21-11-17-15(2)22-24(19(17)20)13-16-7-4-3-5-8-16/h3-5,7-8,14,21H,6,9-13H2,1-2H3/t14-/m0/s1. The third-order valence-corrected chi connectivity index (χ3v) is 5.07. The van der Waals surface area contributed by atoms with Gasteiger partial charge in [-0.05, 0) is 25.8 Å². The van der Waals surface area contributed by atoms with Gasteiger partial charge in [-0.2, -0.15) is 5.10 Å². The minimum Gasteiger partial charge on any atom is -0.341 e. The Morgan fingerprint density at radius 1 is 1.32 bits per heavy atom. The van der Waals surface area contributed by atoms with Crippen LogP contribution in [0.1, 0.15) is 36.6 Å². The first-order valence-corrected chi connectivity index (χ1v) is 9.19. The lowest BCUT2D eigenvalue weighted by Gasteiger charge is -2.21. The number of carbonyl (C=O) groups excluding carboxylic acids is 1. The molecule has 2 heterocycles. The van der Waals surface area contributed by atoms with E-state index in [4.69, 9.17) is 11.6 Å². The molecule has 0 aliphatic carbocycles. The van der Waals surface area contributed by atoms with E-state index in [0.29, 0.717) is 24.7 Å². The second-order valence-electron chi connectivity index (χ2n) is 6.72. The molecule has 2 aromatic rings. The van der Waals surface area contributed by atoms with E-state index in [1.54, 1.807) is 0 Å². The summed E-state index contributed by atoms with van der Waals surface area (Å²) in [6.07, 6.45) is 1.66. The maximum atomic E-state index is 11.7. The van der Waals surface area contributed by atoms with Crippen LogP contribution in [0.25, 0.3) is 0 Å². The molecule has 0 bridgehead atoms. The Balaban J connectivity index is 1.60. The van der Waals surface area contributed by atoms with E-state index in [1.165, 1.54) is 5.56 Å². The van der Waals surface area contributed by atoms with Crippen LogP contribution in [0.2, 0.25) is 5.15 Å². The molecule has 1 aromatic heterocycles. The van der Waals surface area contributed by atoms with Gasteiger partial charge in [0, 0.05) is 37.7 Å². The smallest absolute Gasteiger partial charge is 0.222 e. The zero-order valence-corrected chi connectivity index (χ0v) is 15.6. The first kappa shape index (κ1) is 18.0. The fraction of sp³-hybridized carbons (Fsp3) is 0.474. The van der Waals surface area contributed by atoms with Crippen LogP contribution < -0.4 is 5.32 Å². The number of hydrogen-bond acceptors (Lipinski definition) is 3. The van der Waals surface area contributed by atoms with E-state index >= 15 is 0 Å². The minimum absolute atomic E-state index is 0.218. The molecular formula is C19H25ClN4O. The highest BCUT2D eigenvalue weighted by atomic mass is 35.5. The maximum absolute atomic E-state index is 11.7. The molecule has 1 atom stereocenters. The zero-order valence-electron chi connectivity index (χ0n) is 14.8. The Morgan fingerprint density at radius 3 is 2.76 bits per heavy atom. The van der Waals surface area contributed by atoms with Gasteiger partial charge in [-0.1, -0.05) is 41.9 Å². The lowest BCUT2D eigenvalue weighted by molar-refractivity contribution is -0.127. The minimum atomic E-state index is 0.218. The number of aromatic nitrogens is 2. The lowest BCUT2D eigenvalue weighted by atomic mass is 10.2. The number of hydrogen-bond donors (Lipinski definition) is 1. The van der Waals surface area contributed by atoms with Crippen molar-refractivity contribution in [2.75, 3.05) is 13.1 Å². The Labute approximate surface area is 154 Å². The molecule has 134 valence electrons. The summed E-state index contributed by atoms with van der Waals surface area (Å²) in [5, 5.41) is 8.73. The van der Waals surface area contributed by atoms with Gasteiger partial charge in [0.05, 0.1) is 12.2 Å². The van der Waals surface area contributed by atoms with Crippen molar-refractivity contribution < 1.29 is 4.79 Å². The van der Waals surface area contributed by atoms with Crippen LogP contribution in [0.3, 0.4) is 0 Å². The molecule has 0 spiro atoms. The normalized spacial score (nSPS) is 15.8. The molecule has 25 heavy (non-hydrogen) atoms.